The molecule has 17 heavy (non-hydrogen) atoms. The molecule has 0 aliphatic rings. The van der Waals surface area contributed by atoms with Gasteiger partial charge >= 0.3 is 0 Å². The lowest BCUT2D eigenvalue weighted by atomic mass is 10.0. The summed E-state index contributed by atoms with van der Waals surface area (Å²) in [5, 5.41) is 3.12. The molecule has 0 saturated heterocycles. The van der Waals surface area contributed by atoms with Crippen molar-refractivity contribution in [3.05, 3.63) is 53.7 Å². The molecule has 0 amide bonds. The zero-order valence-electron chi connectivity index (χ0n) is 9.74. The van der Waals surface area contributed by atoms with Crippen LogP contribution in [0.4, 0.5) is 4.39 Å². The molecule has 4 heteroatoms. The number of hydrogen-bond acceptors (Lipinski definition) is 3. The number of benzene rings is 1. The van der Waals surface area contributed by atoms with Crippen molar-refractivity contribution < 1.29 is 13.5 Å². The van der Waals surface area contributed by atoms with E-state index in [4.69, 9.17) is 9.15 Å². The maximum absolute atomic E-state index is 13.3. The van der Waals surface area contributed by atoms with Crippen molar-refractivity contribution >= 4 is 0 Å². The summed E-state index contributed by atoms with van der Waals surface area (Å²) < 4.78 is 23.6. The molecule has 0 aliphatic heterocycles. The summed E-state index contributed by atoms with van der Waals surface area (Å²) in [6, 6.07) is 6.15. The third kappa shape index (κ3) is 2.31. The molecule has 0 aliphatic carbocycles. The molecule has 0 bridgehead atoms. The Labute approximate surface area is 99.2 Å². The van der Waals surface area contributed by atoms with Crippen LogP contribution in [0.1, 0.15) is 17.2 Å². The average molecular weight is 235 g/mol. The molecule has 1 aromatic heterocycles. The third-order valence-corrected chi connectivity index (χ3v) is 2.67. The van der Waals surface area contributed by atoms with Crippen LogP contribution in [0.15, 0.2) is 41.2 Å². The minimum Gasteiger partial charge on any atom is -0.496 e. The maximum Gasteiger partial charge on any atom is 0.124 e. The number of methoxy groups -OCH3 is 1. The molecular formula is C13H14FNO2. The number of ether oxygens (including phenoxy) is 1. The first-order valence-electron chi connectivity index (χ1n) is 5.29. The van der Waals surface area contributed by atoms with Gasteiger partial charge in [-0.2, -0.15) is 0 Å². The molecule has 1 unspecified atom stereocenters. The second kappa shape index (κ2) is 5.01. The van der Waals surface area contributed by atoms with Crippen LogP contribution in [0.2, 0.25) is 0 Å². The summed E-state index contributed by atoms with van der Waals surface area (Å²) in [6.45, 7) is 0. The molecule has 1 atom stereocenters. The van der Waals surface area contributed by atoms with E-state index in [9.17, 15) is 4.39 Å². The third-order valence-electron chi connectivity index (χ3n) is 2.67. The molecule has 1 N–H and O–H groups in total. The first-order chi connectivity index (χ1) is 8.26. The Hall–Kier alpha value is -1.81. The van der Waals surface area contributed by atoms with E-state index in [1.807, 2.05) is 13.1 Å². The highest BCUT2D eigenvalue weighted by molar-refractivity contribution is 5.41. The van der Waals surface area contributed by atoms with Crippen LogP contribution in [0, 0.1) is 5.82 Å². The highest BCUT2D eigenvalue weighted by Gasteiger charge is 2.18. The van der Waals surface area contributed by atoms with E-state index >= 15 is 0 Å². The summed E-state index contributed by atoms with van der Waals surface area (Å²) in [5.74, 6) is 0.358. The molecule has 90 valence electrons. The SMILES string of the molecule is CNC(c1ccoc1)c1cc(F)ccc1OC. The summed E-state index contributed by atoms with van der Waals surface area (Å²) in [7, 11) is 3.38. The van der Waals surface area contributed by atoms with E-state index in [1.165, 1.54) is 12.1 Å². The summed E-state index contributed by atoms with van der Waals surface area (Å²) in [5.41, 5.74) is 1.67. The highest BCUT2D eigenvalue weighted by atomic mass is 19.1. The van der Waals surface area contributed by atoms with Crippen LogP contribution in [0.25, 0.3) is 0 Å². The van der Waals surface area contributed by atoms with Gasteiger partial charge in [-0.25, -0.2) is 4.39 Å². The molecule has 1 aromatic carbocycles. The van der Waals surface area contributed by atoms with Gasteiger partial charge in [0.2, 0.25) is 0 Å². The van der Waals surface area contributed by atoms with E-state index in [0.717, 1.165) is 11.1 Å². The fraction of sp³-hybridized carbons (Fsp3) is 0.231. The summed E-state index contributed by atoms with van der Waals surface area (Å²) in [4.78, 5) is 0. The van der Waals surface area contributed by atoms with Gasteiger partial charge in [-0.3, -0.25) is 0 Å². The lowest BCUT2D eigenvalue weighted by molar-refractivity contribution is 0.403. The van der Waals surface area contributed by atoms with Crippen LogP contribution in [0.5, 0.6) is 5.75 Å². The van der Waals surface area contributed by atoms with E-state index in [2.05, 4.69) is 5.32 Å². The van der Waals surface area contributed by atoms with Crippen molar-refractivity contribution in [1.29, 1.82) is 0 Å². The van der Waals surface area contributed by atoms with Gasteiger partial charge < -0.3 is 14.5 Å². The maximum atomic E-state index is 13.3. The predicted octanol–water partition coefficient (Wildman–Crippen LogP) is 2.74. The topological polar surface area (TPSA) is 34.4 Å². The van der Waals surface area contributed by atoms with Crippen molar-refractivity contribution in [2.75, 3.05) is 14.2 Å². The number of furan rings is 1. The fourth-order valence-corrected chi connectivity index (χ4v) is 1.87. The van der Waals surface area contributed by atoms with Crippen molar-refractivity contribution in [2.45, 2.75) is 6.04 Å². The molecule has 3 nitrogen and oxygen atoms in total. The Morgan fingerprint density at radius 3 is 2.76 bits per heavy atom. The monoisotopic (exact) mass is 235 g/mol. The Morgan fingerprint density at radius 1 is 1.35 bits per heavy atom. The molecule has 0 saturated carbocycles. The average Bonchev–Trinajstić information content (AvgIpc) is 2.84. The van der Waals surface area contributed by atoms with E-state index in [1.54, 1.807) is 25.7 Å². The predicted molar refractivity (Wildman–Crippen MR) is 62.6 cm³/mol. The van der Waals surface area contributed by atoms with E-state index < -0.39 is 0 Å². The van der Waals surface area contributed by atoms with Gasteiger partial charge in [-0.05, 0) is 31.3 Å². The van der Waals surface area contributed by atoms with Gasteiger partial charge in [0.1, 0.15) is 11.6 Å². The Kier molecular flexibility index (Phi) is 3.44. The van der Waals surface area contributed by atoms with Gasteiger partial charge in [0.15, 0.2) is 0 Å². The highest BCUT2D eigenvalue weighted by Crippen LogP contribution is 2.30. The van der Waals surface area contributed by atoms with Crippen LogP contribution >= 0.6 is 0 Å². The number of halogens is 1. The Bertz CT molecular complexity index is 482. The standard InChI is InChI=1S/C13H14FNO2/c1-15-13(9-5-6-17-8-9)11-7-10(14)3-4-12(11)16-2/h3-8,13,15H,1-2H3. The molecule has 2 rings (SSSR count). The molecule has 0 radical (unpaired) electrons. The zero-order chi connectivity index (χ0) is 12.3. The van der Waals surface area contributed by atoms with E-state index in [-0.39, 0.29) is 11.9 Å². The normalized spacial score (nSPS) is 12.4. The van der Waals surface area contributed by atoms with Crippen molar-refractivity contribution in [3.8, 4) is 5.75 Å². The second-order valence-electron chi connectivity index (χ2n) is 3.66. The van der Waals surface area contributed by atoms with Gasteiger partial charge in [0, 0.05) is 11.1 Å². The van der Waals surface area contributed by atoms with E-state index in [0.29, 0.717) is 5.75 Å². The molecule has 1 heterocycles. The van der Waals surface area contributed by atoms with Gasteiger partial charge in [0.25, 0.3) is 0 Å². The number of hydrogen-bond donors (Lipinski definition) is 1. The Morgan fingerprint density at radius 2 is 2.18 bits per heavy atom. The quantitative estimate of drug-likeness (QED) is 0.884. The van der Waals surface area contributed by atoms with Gasteiger partial charge in [-0.1, -0.05) is 0 Å². The van der Waals surface area contributed by atoms with Crippen LogP contribution in [0.3, 0.4) is 0 Å². The van der Waals surface area contributed by atoms with Crippen molar-refractivity contribution in [2.24, 2.45) is 0 Å². The fourth-order valence-electron chi connectivity index (χ4n) is 1.87. The van der Waals surface area contributed by atoms with Crippen molar-refractivity contribution in [1.82, 2.24) is 5.32 Å². The number of nitrogens with one attached hydrogen (secondary N) is 1. The van der Waals surface area contributed by atoms with Gasteiger partial charge in [0.05, 0.1) is 25.7 Å². The van der Waals surface area contributed by atoms with Crippen LogP contribution in [-0.2, 0) is 0 Å². The Balaban J connectivity index is 2.46. The molecule has 0 fully saturated rings. The summed E-state index contributed by atoms with van der Waals surface area (Å²) >= 11 is 0. The molecular weight excluding hydrogens is 221 g/mol. The van der Waals surface area contributed by atoms with Crippen molar-refractivity contribution in [3.63, 3.8) is 0 Å². The molecule has 2 aromatic rings. The minimum atomic E-state index is -0.287. The lowest BCUT2D eigenvalue weighted by Gasteiger charge is -2.18. The smallest absolute Gasteiger partial charge is 0.124 e. The van der Waals surface area contributed by atoms with Crippen LogP contribution < -0.4 is 10.1 Å². The summed E-state index contributed by atoms with van der Waals surface area (Å²) in [6.07, 6.45) is 3.22. The van der Waals surface area contributed by atoms with Gasteiger partial charge in [-0.15, -0.1) is 0 Å². The van der Waals surface area contributed by atoms with Crippen LogP contribution in [-0.4, -0.2) is 14.2 Å². The number of rotatable bonds is 4. The largest absolute Gasteiger partial charge is 0.496 e. The zero-order valence-corrected chi connectivity index (χ0v) is 9.74. The minimum absolute atomic E-state index is 0.153. The molecule has 0 spiro atoms. The first-order valence-corrected chi connectivity index (χ1v) is 5.29. The first kappa shape index (κ1) is 11.7. The lowest BCUT2D eigenvalue weighted by Crippen LogP contribution is -2.18. The second-order valence-corrected chi connectivity index (χ2v) is 3.66.